The highest BCUT2D eigenvalue weighted by Crippen LogP contribution is 2.28. The van der Waals surface area contributed by atoms with E-state index in [1.54, 1.807) is 0 Å². The first-order valence-corrected chi connectivity index (χ1v) is 5.32. The van der Waals surface area contributed by atoms with Crippen molar-refractivity contribution in [2.24, 2.45) is 0 Å². The molecule has 1 aliphatic rings. The van der Waals surface area contributed by atoms with Crippen LogP contribution in [0.3, 0.4) is 0 Å². The van der Waals surface area contributed by atoms with Crippen molar-refractivity contribution >= 4 is 12.4 Å². The quantitative estimate of drug-likeness (QED) is 0.852. The van der Waals surface area contributed by atoms with Gasteiger partial charge >= 0.3 is 6.36 Å². The predicted octanol–water partition coefficient (Wildman–Crippen LogP) is 2.81. The maximum absolute atomic E-state index is 13.6. The molecular weight excluding hydrogens is 290 g/mol. The van der Waals surface area contributed by atoms with E-state index in [1.165, 1.54) is 0 Å². The Morgan fingerprint density at radius 3 is 2.63 bits per heavy atom. The lowest BCUT2D eigenvalue weighted by Crippen LogP contribution is -2.35. The summed E-state index contributed by atoms with van der Waals surface area (Å²) in [5, 5.41) is 2.96. The molecule has 0 unspecified atom stereocenters. The Morgan fingerprint density at radius 1 is 1.32 bits per heavy atom. The van der Waals surface area contributed by atoms with Crippen LogP contribution in [0.1, 0.15) is 11.6 Å². The van der Waals surface area contributed by atoms with E-state index in [1.807, 2.05) is 0 Å². The lowest BCUT2D eigenvalue weighted by atomic mass is 10.1. The summed E-state index contributed by atoms with van der Waals surface area (Å²) >= 11 is 0. The summed E-state index contributed by atoms with van der Waals surface area (Å²) < 4.78 is 58.6. The van der Waals surface area contributed by atoms with Gasteiger partial charge in [-0.3, -0.25) is 0 Å². The van der Waals surface area contributed by atoms with Crippen LogP contribution in [0.15, 0.2) is 18.2 Å². The second-order valence-corrected chi connectivity index (χ2v) is 3.81. The molecule has 1 heterocycles. The minimum absolute atomic E-state index is 0. The summed E-state index contributed by atoms with van der Waals surface area (Å²) in [5.41, 5.74) is 0.108. The first kappa shape index (κ1) is 16.0. The van der Waals surface area contributed by atoms with Gasteiger partial charge < -0.3 is 14.8 Å². The zero-order chi connectivity index (χ0) is 13.2. The van der Waals surface area contributed by atoms with Crippen molar-refractivity contribution in [2.75, 3.05) is 19.8 Å². The van der Waals surface area contributed by atoms with Crippen LogP contribution < -0.4 is 10.1 Å². The normalized spacial score (nSPS) is 19.7. The molecule has 3 nitrogen and oxygen atoms in total. The lowest BCUT2D eigenvalue weighted by molar-refractivity contribution is -0.274. The van der Waals surface area contributed by atoms with Crippen LogP contribution in [0.4, 0.5) is 17.6 Å². The fraction of sp³-hybridized carbons (Fsp3) is 0.455. The number of alkyl halides is 3. The Kier molecular flexibility index (Phi) is 5.39. The van der Waals surface area contributed by atoms with E-state index < -0.39 is 24.0 Å². The molecule has 1 N–H and O–H groups in total. The molecule has 0 aliphatic carbocycles. The highest BCUT2D eigenvalue weighted by molar-refractivity contribution is 5.85. The predicted molar refractivity (Wildman–Crippen MR) is 61.9 cm³/mol. The highest BCUT2D eigenvalue weighted by Gasteiger charge is 2.31. The van der Waals surface area contributed by atoms with Crippen molar-refractivity contribution < 1.29 is 27.0 Å². The molecule has 8 heteroatoms. The number of hydrogen-bond donors (Lipinski definition) is 1. The van der Waals surface area contributed by atoms with Crippen molar-refractivity contribution in [1.29, 1.82) is 0 Å². The van der Waals surface area contributed by atoms with Gasteiger partial charge in [0, 0.05) is 12.1 Å². The number of halogens is 5. The van der Waals surface area contributed by atoms with Crippen molar-refractivity contribution in [2.45, 2.75) is 12.4 Å². The maximum Gasteiger partial charge on any atom is 0.573 e. The van der Waals surface area contributed by atoms with Gasteiger partial charge in [0.1, 0.15) is 11.6 Å². The fourth-order valence-electron chi connectivity index (χ4n) is 1.75. The zero-order valence-electron chi connectivity index (χ0n) is 9.67. The molecule has 0 amide bonds. The van der Waals surface area contributed by atoms with Crippen LogP contribution in [0.5, 0.6) is 5.75 Å². The van der Waals surface area contributed by atoms with E-state index in [0.29, 0.717) is 13.2 Å². The molecular formula is C11H12ClF4NO2. The number of benzene rings is 1. The molecule has 1 saturated heterocycles. The van der Waals surface area contributed by atoms with Crippen molar-refractivity contribution in [3.05, 3.63) is 29.6 Å². The van der Waals surface area contributed by atoms with Gasteiger partial charge in [-0.1, -0.05) is 0 Å². The third kappa shape index (κ3) is 4.52. The van der Waals surface area contributed by atoms with E-state index in [4.69, 9.17) is 4.74 Å². The number of nitrogens with one attached hydrogen (secondary N) is 1. The average molecular weight is 302 g/mol. The molecule has 0 bridgehead atoms. The van der Waals surface area contributed by atoms with Gasteiger partial charge in [0.2, 0.25) is 0 Å². The number of morpholine rings is 1. The summed E-state index contributed by atoms with van der Waals surface area (Å²) in [4.78, 5) is 0. The molecule has 1 aliphatic heterocycles. The second kappa shape index (κ2) is 6.40. The first-order valence-electron chi connectivity index (χ1n) is 5.32. The van der Waals surface area contributed by atoms with Gasteiger partial charge in [0.05, 0.1) is 19.3 Å². The molecule has 1 aromatic carbocycles. The van der Waals surface area contributed by atoms with Crippen LogP contribution in [-0.4, -0.2) is 26.1 Å². The molecule has 1 fully saturated rings. The largest absolute Gasteiger partial charge is 0.573 e. The van der Waals surface area contributed by atoms with Gasteiger partial charge in [-0.25, -0.2) is 4.39 Å². The second-order valence-electron chi connectivity index (χ2n) is 3.81. The Morgan fingerprint density at radius 2 is 2.05 bits per heavy atom. The summed E-state index contributed by atoms with van der Waals surface area (Å²) in [7, 11) is 0. The van der Waals surface area contributed by atoms with Crippen LogP contribution in [0.2, 0.25) is 0 Å². The Labute approximate surface area is 113 Å². The standard InChI is InChI=1S/C11H11F4NO2.ClH/c12-9-2-1-7(18-11(13,14)15)5-8(9)10-6-17-4-3-16-10;/h1-2,5,10,16H,3-4,6H2;1H/t10-;/m1./s1. The molecule has 1 atom stereocenters. The van der Waals surface area contributed by atoms with E-state index in [0.717, 1.165) is 18.2 Å². The van der Waals surface area contributed by atoms with Gasteiger partial charge in [0.15, 0.2) is 0 Å². The van der Waals surface area contributed by atoms with Crippen molar-refractivity contribution in [3.63, 3.8) is 0 Å². The van der Waals surface area contributed by atoms with E-state index >= 15 is 0 Å². The summed E-state index contributed by atoms with van der Waals surface area (Å²) in [6.07, 6.45) is -4.79. The zero-order valence-corrected chi connectivity index (χ0v) is 10.5. The summed E-state index contributed by atoms with van der Waals surface area (Å²) in [5.74, 6) is -1.03. The van der Waals surface area contributed by atoms with E-state index in [-0.39, 0.29) is 24.6 Å². The summed E-state index contributed by atoms with van der Waals surface area (Å²) in [6.45, 7) is 1.23. The smallest absolute Gasteiger partial charge is 0.406 e. The van der Waals surface area contributed by atoms with Crippen LogP contribution in [0, 0.1) is 5.82 Å². The minimum atomic E-state index is -4.79. The Bertz CT molecular complexity index is 422. The average Bonchev–Trinajstić information content (AvgIpc) is 2.31. The number of hydrogen-bond acceptors (Lipinski definition) is 3. The molecule has 19 heavy (non-hydrogen) atoms. The van der Waals surface area contributed by atoms with Crippen LogP contribution in [-0.2, 0) is 4.74 Å². The molecule has 108 valence electrons. The third-order valence-electron chi connectivity index (χ3n) is 2.50. The first-order chi connectivity index (χ1) is 8.46. The van der Waals surface area contributed by atoms with E-state index in [9.17, 15) is 17.6 Å². The van der Waals surface area contributed by atoms with Gasteiger partial charge in [-0.15, -0.1) is 25.6 Å². The maximum atomic E-state index is 13.6. The molecule has 1 aromatic rings. The monoisotopic (exact) mass is 301 g/mol. The molecule has 0 radical (unpaired) electrons. The number of ether oxygens (including phenoxy) is 2. The molecule has 0 spiro atoms. The molecule has 2 rings (SSSR count). The topological polar surface area (TPSA) is 30.5 Å². The minimum Gasteiger partial charge on any atom is -0.406 e. The lowest BCUT2D eigenvalue weighted by Gasteiger charge is -2.24. The highest BCUT2D eigenvalue weighted by atomic mass is 35.5. The SMILES string of the molecule is Cl.Fc1ccc(OC(F)(F)F)cc1[C@H]1COCCN1. The fourth-order valence-corrected chi connectivity index (χ4v) is 1.75. The van der Waals surface area contributed by atoms with Gasteiger partial charge in [-0.2, -0.15) is 0 Å². The third-order valence-corrected chi connectivity index (χ3v) is 2.50. The van der Waals surface area contributed by atoms with Gasteiger partial charge in [0.25, 0.3) is 0 Å². The Balaban J connectivity index is 0.00000180. The molecule has 0 saturated carbocycles. The van der Waals surface area contributed by atoms with Crippen LogP contribution >= 0.6 is 12.4 Å². The van der Waals surface area contributed by atoms with Crippen molar-refractivity contribution in [3.8, 4) is 5.75 Å². The summed E-state index contributed by atoms with van der Waals surface area (Å²) in [6, 6.07) is 2.47. The van der Waals surface area contributed by atoms with E-state index in [2.05, 4.69) is 10.1 Å². The molecule has 0 aromatic heterocycles. The van der Waals surface area contributed by atoms with Crippen molar-refractivity contribution in [1.82, 2.24) is 5.32 Å². The van der Waals surface area contributed by atoms with Crippen LogP contribution in [0.25, 0.3) is 0 Å². The Hall–Kier alpha value is -1.05. The van der Waals surface area contributed by atoms with Gasteiger partial charge in [-0.05, 0) is 18.2 Å². The number of rotatable bonds is 2.